The molecule has 0 unspecified atom stereocenters. The van der Waals surface area contributed by atoms with E-state index in [1.807, 2.05) is 0 Å². The zero-order valence-electron chi connectivity index (χ0n) is 18.1. The molecule has 1 aliphatic carbocycles. The summed E-state index contributed by atoms with van der Waals surface area (Å²) in [6, 6.07) is 6.08. The molecule has 8 heteroatoms. The average molecular weight is 468 g/mol. The Morgan fingerprint density at radius 3 is 2.85 bits per heavy atom. The van der Waals surface area contributed by atoms with Crippen LogP contribution in [0.2, 0.25) is 5.02 Å². The van der Waals surface area contributed by atoms with Crippen LogP contribution in [0.15, 0.2) is 42.9 Å². The zero-order chi connectivity index (χ0) is 23.3. The van der Waals surface area contributed by atoms with E-state index in [-0.39, 0.29) is 47.8 Å². The van der Waals surface area contributed by atoms with Crippen molar-refractivity contribution in [3.05, 3.63) is 64.8 Å². The van der Waals surface area contributed by atoms with Crippen LogP contribution in [-0.2, 0) is 22.6 Å². The molecule has 0 bridgehead atoms. The first-order valence-corrected chi connectivity index (χ1v) is 11.4. The maximum absolute atomic E-state index is 14.2. The lowest BCUT2D eigenvalue weighted by atomic mass is 10.00. The van der Waals surface area contributed by atoms with Gasteiger partial charge in [-0.25, -0.2) is 4.39 Å². The molecule has 3 heterocycles. The molecule has 1 amide bonds. The number of halogens is 2. The number of piperidine rings is 1. The summed E-state index contributed by atoms with van der Waals surface area (Å²) in [5, 5.41) is 0.747. The number of ketones is 2. The van der Waals surface area contributed by atoms with Gasteiger partial charge in [-0.05, 0) is 49.3 Å². The van der Waals surface area contributed by atoms with Crippen molar-refractivity contribution in [2.75, 3.05) is 6.54 Å². The van der Waals surface area contributed by atoms with Crippen molar-refractivity contribution < 1.29 is 18.8 Å². The van der Waals surface area contributed by atoms with Crippen molar-refractivity contribution >= 4 is 40.0 Å². The number of amides is 1. The van der Waals surface area contributed by atoms with Crippen LogP contribution < -0.4 is 0 Å². The summed E-state index contributed by atoms with van der Waals surface area (Å²) in [5.74, 6) is -0.251. The summed E-state index contributed by atoms with van der Waals surface area (Å²) in [4.78, 5) is 44.2. The predicted molar refractivity (Wildman–Crippen MR) is 122 cm³/mol. The normalized spacial score (nSPS) is 21.3. The summed E-state index contributed by atoms with van der Waals surface area (Å²) >= 11 is 5.85. The van der Waals surface area contributed by atoms with Crippen molar-refractivity contribution in [1.82, 2.24) is 14.5 Å². The molecule has 1 saturated heterocycles. The minimum absolute atomic E-state index is 0.0407. The molecular weight excluding hydrogens is 445 g/mol. The van der Waals surface area contributed by atoms with Crippen molar-refractivity contribution in [1.29, 1.82) is 0 Å². The highest BCUT2D eigenvalue weighted by atomic mass is 35.5. The number of rotatable bonds is 7. The maximum Gasteiger partial charge on any atom is 0.243 e. The van der Waals surface area contributed by atoms with Gasteiger partial charge in [0.2, 0.25) is 5.91 Å². The van der Waals surface area contributed by atoms with Gasteiger partial charge in [0.1, 0.15) is 12.4 Å². The molecule has 6 nitrogen and oxygen atoms in total. The fourth-order valence-electron chi connectivity index (χ4n) is 5.07. The lowest BCUT2D eigenvalue weighted by molar-refractivity contribution is -0.139. The monoisotopic (exact) mass is 467 g/mol. The van der Waals surface area contributed by atoms with Gasteiger partial charge in [0.15, 0.2) is 11.6 Å². The van der Waals surface area contributed by atoms with E-state index in [0.717, 1.165) is 11.9 Å². The number of nitrogens with zero attached hydrogens (tertiary/aromatic N) is 3. The standard InChI is InChI=1S/C25H23ClFN3O3/c1-14(31)19-12-29(21-7-8-28-10-18(19)21)13-23(33)30-11-16-9-17(16)25(30)22(32)6-5-15-3-2-4-20(26)24(15)27/h2-4,7-8,10,12,16-17,25H,5-6,9,11,13H2,1H3/t16-,17-,25+/m1/s1. The third kappa shape index (κ3) is 3.95. The Morgan fingerprint density at radius 2 is 2.06 bits per heavy atom. The van der Waals surface area contributed by atoms with E-state index in [0.29, 0.717) is 29.0 Å². The van der Waals surface area contributed by atoms with Crippen LogP contribution in [0.5, 0.6) is 0 Å². The molecular formula is C25H23ClFN3O3. The fraction of sp³-hybridized carbons (Fsp3) is 0.360. The van der Waals surface area contributed by atoms with E-state index in [1.165, 1.54) is 13.0 Å². The van der Waals surface area contributed by atoms with Crippen LogP contribution >= 0.6 is 11.6 Å². The highest BCUT2D eigenvalue weighted by Crippen LogP contribution is 2.50. The Balaban J connectivity index is 1.32. The molecule has 170 valence electrons. The lowest BCUT2D eigenvalue weighted by Gasteiger charge is -2.27. The third-order valence-electron chi connectivity index (χ3n) is 6.84. The number of aromatic nitrogens is 2. The summed E-state index contributed by atoms with van der Waals surface area (Å²) in [7, 11) is 0. The first kappa shape index (κ1) is 21.8. The van der Waals surface area contributed by atoms with Crippen molar-refractivity contribution in [2.24, 2.45) is 11.8 Å². The second-order valence-corrected chi connectivity index (χ2v) is 9.36. The number of likely N-dealkylation sites (tertiary alicyclic amines) is 1. The fourth-order valence-corrected chi connectivity index (χ4v) is 5.26. The zero-order valence-corrected chi connectivity index (χ0v) is 18.9. The number of pyridine rings is 1. The topological polar surface area (TPSA) is 72.3 Å². The number of fused-ring (bicyclic) bond motifs is 2. The van der Waals surface area contributed by atoms with Gasteiger partial charge in [0, 0.05) is 42.5 Å². The number of Topliss-reactive ketones (excluding diaryl/α,β-unsaturated/α-hetero) is 2. The minimum Gasteiger partial charge on any atom is -0.337 e. The molecule has 0 radical (unpaired) electrons. The van der Waals surface area contributed by atoms with E-state index in [1.54, 1.807) is 46.3 Å². The van der Waals surface area contributed by atoms with Crippen molar-refractivity contribution in [2.45, 2.75) is 38.8 Å². The molecule has 3 aromatic rings. The molecule has 1 aromatic carbocycles. The van der Waals surface area contributed by atoms with E-state index in [9.17, 15) is 18.8 Å². The summed E-state index contributed by atoms with van der Waals surface area (Å²) in [6.07, 6.45) is 6.28. The van der Waals surface area contributed by atoms with Gasteiger partial charge in [0.25, 0.3) is 0 Å². The van der Waals surface area contributed by atoms with Gasteiger partial charge in [-0.15, -0.1) is 0 Å². The Labute approximate surface area is 195 Å². The molecule has 1 aliphatic heterocycles. The smallest absolute Gasteiger partial charge is 0.243 e. The molecule has 2 aromatic heterocycles. The Morgan fingerprint density at radius 1 is 1.24 bits per heavy atom. The SMILES string of the molecule is CC(=O)c1cn(CC(=O)N2C[C@H]3C[C@H]3[C@H]2C(=O)CCc2cccc(Cl)c2F)c2ccncc12. The third-order valence-corrected chi connectivity index (χ3v) is 7.13. The number of carbonyl (C=O) groups excluding carboxylic acids is 3. The van der Waals surface area contributed by atoms with Gasteiger partial charge < -0.3 is 9.47 Å². The van der Waals surface area contributed by atoms with Gasteiger partial charge in [-0.3, -0.25) is 19.4 Å². The van der Waals surface area contributed by atoms with Gasteiger partial charge in [0.05, 0.1) is 16.6 Å². The predicted octanol–water partition coefficient (Wildman–Crippen LogP) is 4.08. The largest absolute Gasteiger partial charge is 0.337 e. The Hall–Kier alpha value is -3.06. The van der Waals surface area contributed by atoms with Gasteiger partial charge >= 0.3 is 0 Å². The summed E-state index contributed by atoms with van der Waals surface area (Å²) in [6.45, 7) is 2.09. The Kier molecular flexibility index (Phi) is 5.52. The number of aryl methyl sites for hydroxylation is 1. The molecule has 5 rings (SSSR count). The molecule has 3 atom stereocenters. The number of benzene rings is 1. The van der Waals surface area contributed by atoms with E-state index in [2.05, 4.69) is 4.98 Å². The number of carbonyl (C=O) groups is 3. The molecule has 33 heavy (non-hydrogen) atoms. The highest BCUT2D eigenvalue weighted by molar-refractivity contribution is 6.30. The van der Waals surface area contributed by atoms with Crippen molar-refractivity contribution in [3.63, 3.8) is 0 Å². The van der Waals surface area contributed by atoms with Crippen LogP contribution in [0.3, 0.4) is 0 Å². The van der Waals surface area contributed by atoms with E-state index < -0.39 is 11.9 Å². The molecule has 2 aliphatic rings. The van der Waals surface area contributed by atoms with E-state index in [4.69, 9.17) is 11.6 Å². The second kappa shape index (κ2) is 8.37. The molecule has 1 saturated carbocycles. The van der Waals surface area contributed by atoms with Crippen LogP contribution in [0.1, 0.15) is 35.7 Å². The lowest BCUT2D eigenvalue weighted by Crippen LogP contribution is -2.44. The summed E-state index contributed by atoms with van der Waals surface area (Å²) < 4.78 is 16.0. The van der Waals surface area contributed by atoms with E-state index >= 15 is 0 Å². The van der Waals surface area contributed by atoms with Crippen LogP contribution in [0.25, 0.3) is 10.9 Å². The van der Waals surface area contributed by atoms with Crippen LogP contribution in [-0.4, -0.2) is 44.5 Å². The molecule has 0 N–H and O–H groups in total. The summed E-state index contributed by atoms with van der Waals surface area (Å²) in [5.41, 5.74) is 1.68. The first-order chi connectivity index (χ1) is 15.8. The van der Waals surface area contributed by atoms with Crippen molar-refractivity contribution in [3.8, 4) is 0 Å². The van der Waals surface area contributed by atoms with Crippen LogP contribution in [0.4, 0.5) is 4.39 Å². The number of hydrogen-bond donors (Lipinski definition) is 0. The quantitative estimate of drug-likeness (QED) is 0.491. The highest BCUT2D eigenvalue weighted by Gasteiger charge is 2.56. The van der Waals surface area contributed by atoms with Crippen LogP contribution in [0, 0.1) is 17.7 Å². The second-order valence-electron chi connectivity index (χ2n) is 8.95. The van der Waals surface area contributed by atoms with Gasteiger partial charge in [-0.2, -0.15) is 0 Å². The minimum atomic E-state index is -0.495. The maximum atomic E-state index is 14.2. The average Bonchev–Trinajstić information content (AvgIpc) is 3.30. The molecule has 0 spiro atoms. The van der Waals surface area contributed by atoms with Gasteiger partial charge in [-0.1, -0.05) is 23.7 Å². The Bertz CT molecular complexity index is 1290. The number of hydrogen-bond acceptors (Lipinski definition) is 4. The first-order valence-electron chi connectivity index (χ1n) is 11.0. The molecule has 2 fully saturated rings.